The summed E-state index contributed by atoms with van der Waals surface area (Å²) in [6.07, 6.45) is 2.99. The zero-order valence-corrected chi connectivity index (χ0v) is 20.1. The Kier molecular flexibility index (Phi) is 7.42. The molecule has 1 amide bonds. The minimum absolute atomic E-state index is 0.0610. The SMILES string of the molecule is CCCNc1cccc(C(=O)Cc2cc3cn(CC(=O)N4CCN(C)CC4)nc3cc2OC)n1. The van der Waals surface area contributed by atoms with E-state index in [1.807, 2.05) is 35.4 Å². The zero-order chi connectivity index (χ0) is 24.1. The predicted octanol–water partition coefficient (Wildman–Crippen LogP) is 2.46. The predicted molar refractivity (Wildman–Crippen MR) is 131 cm³/mol. The number of nitrogens with zero attached hydrogens (tertiary/aromatic N) is 5. The Bertz CT molecular complexity index is 1170. The number of rotatable bonds is 9. The standard InChI is InChI=1S/C25H32N6O3/c1-4-8-26-24-7-5-6-20(27-24)22(32)14-18-13-19-16-31(28-21(19)15-23(18)34-3)17-25(33)30-11-9-29(2)10-12-30/h5-7,13,15-16H,4,8-12,14,17H2,1-3H3,(H,26,27). The van der Waals surface area contributed by atoms with Crippen LogP contribution in [0.1, 0.15) is 29.4 Å². The number of carbonyl (C=O) groups excluding carboxylic acids is 2. The van der Waals surface area contributed by atoms with Crippen LogP contribution >= 0.6 is 0 Å². The van der Waals surface area contributed by atoms with Gasteiger partial charge in [0.25, 0.3) is 0 Å². The van der Waals surface area contributed by atoms with Gasteiger partial charge in [0.1, 0.15) is 23.8 Å². The number of amides is 1. The molecule has 1 aromatic carbocycles. The Balaban J connectivity index is 1.50. The van der Waals surface area contributed by atoms with Crippen molar-refractivity contribution in [1.82, 2.24) is 24.6 Å². The van der Waals surface area contributed by atoms with E-state index in [0.717, 1.165) is 55.6 Å². The number of nitrogens with one attached hydrogen (secondary N) is 1. The largest absolute Gasteiger partial charge is 0.496 e. The highest BCUT2D eigenvalue weighted by Crippen LogP contribution is 2.26. The van der Waals surface area contributed by atoms with Gasteiger partial charge in [-0.25, -0.2) is 4.98 Å². The lowest BCUT2D eigenvalue weighted by Crippen LogP contribution is -2.48. The van der Waals surface area contributed by atoms with Crippen LogP contribution in [0, 0.1) is 0 Å². The molecule has 1 N–H and O–H groups in total. The Morgan fingerprint density at radius 3 is 2.68 bits per heavy atom. The maximum absolute atomic E-state index is 13.0. The number of ketones is 1. The Morgan fingerprint density at radius 1 is 1.15 bits per heavy atom. The van der Waals surface area contributed by atoms with E-state index < -0.39 is 0 Å². The molecular weight excluding hydrogens is 432 g/mol. The third kappa shape index (κ3) is 5.53. The van der Waals surface area contributed by atoms with Gasteiger partial charge in [0, 0.05) is 62.4 Å². The number of carbonyl (C=O) groups is 2. The molecule has 3 heterocycles. The van der Waals surface area contributed by atoms with Crippen LogP contribution in [0.2, 0.25) is 0 Å². The average molecular weight is 465 g/mol. The van der Waals surface area contributed by atoms with Gasteiger partial charge in [0.15, 0.2) is 5.78 Å². The molecule has 0 spiro atoms. The highest BCUT2D eigenvalue weighted by atomic mass is 16.5. The molecule has 0 bridgehead atoms. The van der Waals surface area contributed by atoms with Crippen molar-refractivity contribution in [2.75, 3.05) is 52.2 Å². The minimum Gasteiger partial charge on any atom is -0.496 e. The molecule has 1 fully saturated rings. The number of pyridine rings is 1. The first-order valence-electron chi connectivity index (χ1n) is 11.7. The summed E-state index contributed by atoms with van der Waals surface area (Å²) in [6, 6.07) is 9.15. The normalized spacial score (nSPS) is 14.4. The summed E-state index contributed by atoms with van der Waals surface area (Å²) >= 11 is 0. The fourth-order valence-electron chi connectivity index (χ4n) is 4.06. The van der Waals surface area contributed by atoms with Crippen LogP contribution in [0.15, 0.2) is 36.5 Å². The van der Waals surface area contributed by atoms with E-state index in [-0.39, 0.29) is 24.7 Å². The van der Waals surface area contributed by atoms with Crippen molar-refractivity contribution >= 4 is 28.4 Å². The molecule has 34 heavy (non-hydrogen) atoms. The lowest BCUT2D eigenvalue weighted by atomic mass is 10.0. The second-order valence-electron chi connectivity index (χ2n) is 8.67. The summed E-state index contributed by atoms with van der Waals surface area (Å²) in [4.78, 5) is 34.2. The molecule has 0 radical (unpaired) electrons. The van der Waals surface area contributed by atoms with Crippen LogP contribution in [0.25, 0.3) is 10.9 Å². The minimum atomic E-state index is -0.0876. The third-order valence-electron chi connectivity index (χ3n) is 6.05. The summed E-state index contributed by atoms with van der Waals surface area (Å²) in [5.74, 6) is 1.26. The van der Waals surface area contributed by atoms with Gasteiger partial charge in [-0.2, -0.15) is 5.10 Å². The van der Waals surface area contributed by atoms with Crippen molar-refractivity contribution < 1.29 is 14.3 Å². The number of hydrogen-bond donors (Lipinski definition) is 1. The Morgan fingerprint density at radius 2 is 1.94 bits per heavy atom. The number of aromatic nitrogens is 3. The van der Waals surface area contributed by atoms with Crippen molar-refractivity contribution in [3.05, 3.63) is 47.8 Å². The van der Waals surface area contributed by atoms with E-state index in [1.165, 1.54) is 0 Å². The molecule has 0 aliphatic carbocycles. The van der Waals surface area contributed by atoms with Gasteiger partial charge in [-0.15, -0.1) is 0 Å². The fraction of sp³-hybridized carbons (Fsp3) is 0.440. The number of likely N-dealkylation sites (N-methyl/N-ethyl adjacent to an activating group) is 1. The van der Waals surface area contributed by atoms with Crippen molar-refractivity contribution in [1.29, 1.82) is 0 Å². The smallest absolute Gasteiger partial charge is 0.244 e. The summed E-state index contributed by atoms with van der Waals surface area (Å²) in [6.45, 7) is 6.31. The van der Waals surface area contributed by atoms with E-state index in [4.69, 9.17) is 4.74 Å². The second-order valence-corrected chi connectivity index (χ2v) is 8.67. The number of benzene rings is 1. The van der Waals surface area contributed by atoms with Gasteiger partial charge < -0.3 is 19.9 Å². The second kappa shape index (κ2) is 10.6. The molecule has 1 saturated heterocycles. The van der Waals surface area contributed by atoms with Crippen molar-refractivity contribution in [3.63, 3.8) is 0 Å². The van der Waals surface area contributed by atoms with E-state index in [0.29, 0.717) is 17.3 Å². The van der Waals surface area contributed by atoms with Gasteiger partial charge in [-0.05, 0) is 31.7 Å². The maximum atomic E-state index is 13.0. The first-order chi connectivity index (χ1) is 16.5. The van der Waals surface area contributed by atoms with Crippen LogP contribution in [0.5, 0.6) is 5.75 Å². The highest BCUT2D eigenvalue weighted by Gasteiger charge is 2.20. The number of hydrogen-bond acceptors (Lipinski definition) is 7. The monoisotopic (exact) mass is 464 g/mol. The molecule has 9 nitrogen and oxygen atoms in total. The van der Waals surface area contributed by atoms with Crippen molar-refractivity contribution in [3.8, 4) is 5.75 Å². The quantitative estimate of drug-likeness (QED) is 0.486. The number of ether oxygens (including phenoxy) is 1. The van der Waals surface area contributed by atoms with Crippen LogP contribution < -0.4 is 10.1 Å². The average Bonchev–Trinajstić information content (AvgIpc) is 3.23. The van der Waals surface area contributed by atoms with E-state index in [1.54, 1.807) is 17.9 Å². The van der Waals surface area contributed by atoms with E-state index >= 15 is 0 Å². The highest BCUT2D eigenvalue weighted by molar-refractivity contribution is 5.97. The molecule has 0 saturated carbocycles. The first-order valence-corrected chi connectivity index (χ1v) is 11.7. The van der Waals surface area contributed by atoms with Gasteiger partial charge in [-0.3, -0.25) is 14.3 Å². The molecule has 3 aromatic rings. The van der Waals surface area contributed by atoms with Crippen molar-refractivity contribution in [2.24, 2.45) is 0 Å². The number of fused-ring (bicyclic) bond motifs is 1. The number of methoxy groups -OCH3 is 1. The van der Waals surface area contributed by atoms with Crippen LogP contribution in [0.4, 0.5) is 5.82 Å². The van der Waals surface area contributed by atoms with Crippen molar-refractivity contribution in [2.45, 2.75) is 26.3 Å². The molecule has 1 aliphatic rings. The first kappa shape index (κ1) is 23.7. The molecular formula is C25H32N6O3. The van der Waals surface area contributed by atoms with E-state index in [9.17, 15) is 9.59 Å². The summed E-state index contributed by atoms with van der Waals surface area (Å²) in [5.41, 5.74) is 1.90. The van der Waals surface area contributed by atoms with Crippen LogP contribution in [-0.2, 0) is 17.8 Å². The van der Waals surface area contributed by atoms with Crippen LogP contribution in [0.3, 0.4) is 0 Å². The molecule has 0 unspecified atom stereocenters. The number of anilines is 1. The molecule has 1 aliphatic heterocycles. The molecule has 4 rings (SSSR count). The third-order valence-corrected chi connectivity index (χ3v) is 6.05. The molecule has 180 valence electrons. The van der Waals surface area contributed by atoms with Gasteiger partial charge in [-0.1, -0.05) is 13.0 Å². The Hall–Kier alpha value is -3.46. The molecule has 2 aromatic heterocycles. The Labute approximate surface area is 199 Å². The lowest BCUT2D eigenvalue weighted by molar-refractivity contribution is -0.133. The number of piperazine rings is 1. The zero-order valence-electron chi connectivity index (χ0n) is 20.1. The maximum Gasteiger partial charge on any atom is 0.244 e. The van der Waals surface area contributed by atoms with Crippen LogP contribution in [-0.4, -0.2) is 83.1 Å². The lowest BCUT2D eigenvalue weighted by Gasteiger charge is -2.32. The topological polar surface area (TPSA) is 92.6 Å². The van der Waals surface area contributed by atoms with Gasteiger partial charge in [0.2, 0.25) is 5.91 Å². The molecule has 0 atom stereocenters. The summed E-state index contributed by atoms with van der Waals surface area (Å²) in [7, 11) is 3.64. The van der Waals surface area contributed by atoms with Gasteiger partial charge in [0.05, 0.1) is 12.6 Å². The molecule has 9 heteroatoms. The van der Waals surface area contributed by atoms with E-state index in [2.05, 4.69) is 34.3 Å². The number of Topliss-reactive ketones (excluding diaryl/α,β-unsaturated/α-hetero) is 1. The summed E-state index contributed by atoms with van der Waals surface area (Å²) < 4.78 is 7.22. The fourth-order valence-corrected chi connectivity index (χ4v) is 4.06. The van der Waals surface area contributed by atoms with Gasteiger partial charge >= 0.3 is 0 Å². The summed E-state index contributed by atoms with van der Waals surface area (Å²) in [5, 5.41) is 8.64.